The minimum Gasteiger partial charge on any atom is -0.491 e. The van der Waals surface area contributed by atoms with Crippen LogP contribution < -0.4 is 15.4 Å². The summed E-state index contributed by atoms with van der Waals surface area (Å²) >= 11 is 6.25. The van der Waals surface area contributed by atoms with Crippen LogP contribution in [0, 0.1) is 0 Å². The molecule has 27 heavy (non-hydrogen) atoms. The minimum absolute atomic E-state index is 0.197. The van der Waals surface area contributed by atoms with Crippen molar-refractivity contribution in [2.45, 2.75) is 25.9 Å². The molecule has 0 spiro atoms. The number of halogens is 1. The Kier molecular flexibility index (Phi) is 4.53. The Balaban J connectivity index is 1.67. The number of hydrogen-bond donors (Lipinski definition) is 2. The number of benzene rings is 1. The van der Waals surface area contributed by atoms with Crippen molar-refractivity contribution in [2.75, 3.05) is 13.2 Å². The molecule has 0 fully saturated rings. The van der Waals surface area contributed by atoms with Crippen LogP contribution in [0.4, 0.5) is 0 Å². The molecule has 1 aliphatic heterocycles. The van der Waals surface area contributed by atoms with Crippen molar-refractivity contribution in [3.8, 4) is 5.75 Å². The second kappa shape index (κ2) is 6.87. The molecule has 0 saturated carbocycles. The van der Waals surface area contributed by atoms with E-state index < -0.39 is 5.54 Å². The smallest absolute Gasteiger partial charge is 0.255 e. The number of para-hydroxylation sites is 1. The predicted molar refractivity (Wildman–Crippen MR) is 104 cm³/mol. The quantitative estimate of drug-likeness (QED) is 0.728. The first-order chi connectivity index (χ1) is 13.0. The van der Waals surface area contributed by atoms with E-state index in [0.29, 0.717) is 35.3 Å². The van der Waals surface area contributed by atoms with E-state index in [9.17, 15) is 4.79 Å². The SMILES string of the molecule is CC(C)(NC(=O)c1cccc2c1OCCNC2)c1ncc2c(Cl)cccn12. The molecule has 0 saturated heterocycles. The van der Waals surface area contributed by atoms with Crippen molar-refractivity contribution in [2.24, 2.45) is 0 Å². The fourth-order valence-corrected chi connectivity index (χ4v) is 3.59. The van der Waals surface area contributed by atoms with Crippen LogP contribution in [-0.4, -0.2) is 28.4 Å². The Labute approximate surface area is 162 Å². The fraction of sp³-hybridized carbons (Fsp3) is 0.300. The molecule has 4 rings (SSSR count). The van der Waals surface area contributed by atoms with Crippen LogP contribution in [0.15, 0.2) is 42.7 Å². The minimum atomic E-state index is -0.708. The summed E-state index contributed by atoms with van der Waals surface area (Å²) in [5.41, 5.74) is 1.61. The lowest BCUT2D eigenvalue weighted by atomic mass is 10.0. The number of imidazole rings is 1. The van der Waals surface area contributed by atoms with Crippen LogP contribution in [-0.2, 0) is 12.1 Å². The molecule has 7 heteroatoms. The van der Waals surface area contributed by atoms with Gasteiger partial charge in [-0.05, 0) is 32.0 Å². The third kappa shape index (κ3) is 3.26. The summed E-state index contributed by atoms with van der Waals surface area (Å²) in [6.07, 6.45) is 3.61. The molecule has 140 valence electrons. The predicted octanol–water partition coefficient (Wildman–Crippen LogP) is 3.13. The van der Waals surface area contributed by atoms with Gasteiger partial charge in [0.2, 0.25) is 0 Å². The van der Waals surface area contributed by atoms with Gasteiger partial charge in [0.15, 0.2) is 0 Å². The lowest BCUT2D eigenvalue weighted by Crippen LogP contribution is -2.42. The molecule has 0 bridgehead atoms. The van der Waals surface area contributed by atoms with Gasteiger partial charge in [0, 0.05) is 24.8 Å². The molecule has 3 aromatic rings. The van der Waals surface area contributed by atoms with E-state index in [-0.39, 0.29) is 5.91 Å². The van der Waals surface area contributed by atoms with Gasteiger partial charge < -0.3 is 19.8 Å². The van der Waals surface area contributed by atoms with Crippen LogP contribution in [0.5, 0.6) is 5.75 Å². The molecule has 3 heterocycles. The zero-order valence-electron chi connectivity index (χ0n) is 15.3. The number of hydrogen-bond acceptors (Lipinski definition) is 4. The van der Waals surface area contributed by atoms with Gasteiger partial charge in [0.25, 0.3) is 5.91 Å². The zero-order valence-corrected chi connectivity index (χ0v) is 16.0. The number of rotatable bonds is 3. The maximum absolute atomic E-state index is 13.1. The molecule has 2 N–H and O–H groups in total. The lowest BCUT2D eigenvalue weighted by molar-refractivity contribution is 0.0904. The third-order valence-corrected chi connectivity index (χ3v) is 5.01. The van der Waals surface area contributed by atoms with Gasteiger partial charge in [-0.2, -0.15) is 0 Å². The van der Waals surface area contributed by atoms with Crippen molar-refractivity contribution in [3.63, 3.8) is 0 Å². The summed E-state index contributed by atoms with van der Waals surface area (Å²) in [7, 11) is 0. The van der Waals surface area contributed by atoms with Gasteiger partial charge in [-0.1, -0.05) is 23.7 Å². The first-order valence-electron chi connectivity index (χ1n) is 8.87. The highest BCUT2D eigenvalue weighted by atomic mass is 35.5. The van der Waals surface area contributed by atoms with Gasteiger partial charge in [-0.15, -0.1) is 0 Å². The van der Waals surface area contributed by atoms with Crippen LogP contribution in [0.2, 0.25) is 5.02 Å². The van der Waals surface area contributed by atoms with E-state index >= 15 is 0 Å². The number of amides is 1. The maximum atomic E-state index is 13.1. The van der Waals surface area contributed by atoms with Crippen LogP contribution in [0.3, 0.4) is 0 Å². The number of carbonyl (C=O) groups excluding carboxylic acids is 1. The van der Waals surface area contributed by atoms with Gasteiger partial charge in [0.05, 0.1) is 27.8 Å². The number of pyridine rings is 1. The summed E-state index contributed by atoms with van der Waals surface area (Å²) < 4.78 is 7.73. The summed E-state index contributed by atoms with van der Waals surface area (Å²) in [5.74, 6) is 1.15. The topological polar surface area (TPSA) is 67.7 Å². The largest absolute Gasteiger partial charge is 0.491 e. The average molecular weight is 385 g/mol. The molecular weight excluding hydrogens is 364 g/mol. The number of carbonyl (C=O) groups is 1. The second-order valence-corrected chi connectivity index (χ2v) is 7.50. The molecule has 1 aromatic carbocycles. The van der Waals surface area contributed by atoms with Gasteiger partial charge >= 0.3 is 0 Å². The summed E-state index contributed by atoms with van der Waals surface area (Å²) in [4.78, 5) is 17.6. The third-order valence-electron chi connectivity index (χ3n) is 4.69. The summed E-state index contributed by atoms with van der Waals surface area (Å²) in [6.45, 7) is 5.81. The lowest BCUT2D eigenvalue weighted by Gasteiger charge is -2.26. The maximum Gasteiger partial charge on any atom is 0.255 e. The Morgan fingerprint density at radius 2 is 2.19 bits per heavy atom. The molecule has 0 atom stereocenters. The first-order valence-corrected chi connectivity index (χ1v) is 9.25. The molecule has 1 amide bonds. The Hall–Kier alpha value is -2.57. The van der Waals surface area contributed by atoms with Gasteiger partial charge in [-0.3, -0.25) is 4.79 Å². The molecular formula is C20H21ClN4O2. The van der Waals surface area contributed by atoms with Crippen LogP contribution in [0.1, 0.15) is 35.6 Å². The normalized spacial score (nSPS) is 14.3. The molecule has 2 aromatic heterocycles. The van der Waals surface area contributed by atoms with E-state index in [2.05, 4.69) is 15.6 Å². The average Bonchev–Trinajstić information content (AvgIpc) is 2.94. The van der Waals surface area contributed by atoms with Crippen molar-refractivity contribution in [1.29, 1.82) is 0 Å². The number of ether oxygens (including phenoxy) is 1. The first kappa shape index (κ1) is 17.8. The summed E-state index contributed by atoms with van der Waals surface area (Å²) in [6, 6.07) is 9.31. The van der Waals surface area contributed by atoms with Gasteiger partial charge in [0.1, 0.15) is 18.2 Å². The van der Waals surface area contributed by atoms with Crippen molar-refractivity contribution >= 4 is 23.0 Å². The van der Waals surface area contributed by atoms with Crippen molar-refractivity contribution < 1.29 is 9.53 Å². The molecule has 6 nitrogen and oxygen atoms in total. The van der Waals surface area contributed by atoms with E-state index in [1.807, 2.05) is 48.7 Å². The second-order valence-electron chi connectivity index (χ2n) is 7.09. The number of nitrogens with one attached hydrogen (secondary N) is 2. The van der Waals surface area contributed by atoms with E-state index in [4.69, 9.17) is 16.3 Å². The van der Waals surface area contributed by atoms with E-state index in [1.54, 1.807) is 12.3 Å². The van der Waals surface area contributed by atoms with Gasteiger partial charge in [-0.25, -0.2) is 4.98 Å². The van der Waals surface area contributed by atoms with Crippen LogP contribution >= 0.6 is 11.6 Å². The number of aromatic nitrogens is 2. The Morgan fingerprint density at radius 3 is 3.04 bits per heavy atom. The molecule has 0 unspecified atom stereocenters. The highest BCUT2D eigenvalue weighted by Crippen LogP contribution is 2.28. The number of fused-ring (bicyclic) bond motifs is 2. The zero-order chi connectivity index (χ0) is 19.0. The Bertz CT molecular complexity index is 1010. The number of nitrogens with zero attached hydrogens (tertiary/aromatic N) is 2. The van der Waals surface area contributed by atoms with Crippen LogP contribution in [0.25, 0.3) is 5.52 Å². The fourth-order valence-electron chi connectivity index (χ4n) is 3.38. The summed E-state index contributed by atoms with van der Waals surface area (Å²) in [5, 5.41) is 6.99. The molecule has 0 radical (unpaired) electrons. The highest BCUT2D eigenvalue weighted by molar-refractivity contribution is 6.33. The molecule has 0 aliphatic carbocycles. The Morgan fingerprint density at radius 1 is 1.33 bits per heavy atom. The van der Waals surface area contributed by atoms with Crippen molar-refractivity contribution in [3.05, 3.63) is 64.7 Å². The van der Waals surface area contributed by atoms with E-state index in [0.717, 1.165) is 17.6 Å². The molecule has 1 aliphatic rings. The highest BCUT2D eigenvalue weighted by Gasteiger charge is 2.30. The van der Waals surface area contributed by atoms with Crippen molar-refractivity contribution in [1.82, 2.24) is 20.0 Å². The monoisotopic (exact) mass is 384 g/mol. The standard InChI is InChI=1S/C20H21ClN4O2/c1-20(2,19-23-12-16-15(21)7-4-9-25(16)19)24-18(26)14-6-3-5-13-11-22-8-10-27-17(13)14/h3-7,9,12,22H,8,10-11H2,1-2H3,(H,24,26). The van der Waals surface area contributed by atoms with E-state index in [1.165, 1.54) is 0 Å².